The molecule has 1 amide bonds. The standard InChI is InChI=1S/C23H24F3NO2/c24-17-5-3-4-16(14-17)23(10-1-2-11-23)22(28)27-12-8-19(9-13-27)29-21-7-6-18(25)15-20(21)26/h3-7,14-15,19H,1-2,8-13H2. The highest BCUT2D eigenvalue weighted by molar-refractivity contribution is 5.88. The van der Waals surface area contributed by atoms with Crippen LogP contribution in [0.4, 0.5) is 13.2 Å². The largest absolute Gasteiger partial charge is 0.487 e. The minimum absolute atomic E-state index is 0.0307. The zero-order valence-electron chi connectivity index (χ0n) is 16.2. The number of ether oxygens (including phenoxy) is 1. The van der Waals surface area contributed by atoms with Crippen molar-refractivity contribution in [1.29, 1.82) is 0 Å². The third-order valence-electron chi connectivity index (χ3n) is 6.16. The van der Waals surface area contributed by atoms with Crippen molar-refractivity contribution in [2.24, 2.45) is 0 Å². The van der Waals surface area contributed by atoms with Crippen LogP contribution in [0, 0.1) is 17.5 Å². The first-order valence-corrected chi connectivity index (χ1v) is 10.1. The van der Waals surface area contributed by atoms with Gasteiger partial charge in [0.2, 0.25) is 5.91 Å². The summed E-state index contributed by atoms with van der Waals surface area (Å²) < 4.78 is 46.4. The molecule has 6 heteroatoms. The van der Waals surface area contributed by atoms with Crippen molar-refractivity contribution in [3.8, 4) is 5.75 Å². The predicted molar refractivity (Wildman–Crippen MR) is 103 cm³/mol. The molecule has 0 atom stereocenters. The number of rotatable bonds is 4. The fraction of sp³-hybridized carbons (Fsp3) is 0.435. The Balaban J connectivity index is 1.44. The molecule has 2 aromatic carbocycles. The quantitative estimate of drug-likeness (QED) is 0.720. The molecule has 1 aliphatic carbocycles. The Morgan fingerprint density at radius 3 is 2.31 bits per heavy atom. The van der Waals surface area contributed by atoms with Crippen LogP contribution in [0.3, 0.4) is 0 Å². The van der Waals surface area contributed by atoms with E-state index in [4.69, 9.17) is 4.74 Å². The van der Waals surface area contributed by atoms with Gasteiger partial charge in [0.25, 0.3) is 0 Å². The second-order valence-electron chi connectivity index (χ2n) is 7.98. The van der Waals surface area contributed by atoms with Crippen molar-refractivity contribution in [3.63, 3.8) is 0 Å². The van der Waals surface area contributed by atoms with Crippen LogP contribution in [-0.2, 0) is 10.2 Å². The van der Waals surface area contributed by atoms with E-state index >= 15 is 0 Å². The number of piperidine rings is 1. The van der Waals surface area contributed by atoms with Gasteiger partial charge < -0.3 is 9.64 Å². The number of nitrogens with zero attached hydrogens (tertiary/aromatic N) is 1. The number of benzene rings is 2. The zero-order chi connectivity index (χ0) is 20.4. The van der Waals surface area contributed by atoms with Crippen LogP contribution in [0.2, 0.25) is 0 Å². The van der Waals surface area contributed by atoms with E-state index in [1.54, 1.807) is 6.07 Å². The van der Waals surface area contributed by atoms with E-state index in [0.717, 1.165) is 37.3 Å². The lowest BCUT2D eigenvalue weighted by Crippen LogP contribution is -2.50. The van der Waals surface area contributed by atoms with Crippen molar-refractivity contribution >= 4 is 5.91 Å². The maximum absolute atomic E-state index is 13.8. The molecule has 1 heterocycles. The van der Waals surface area contributed by atoms with Crippen molar-refractivity contribution in [1.82, 2.24) is 4.90 Å². The van der Waals surface area contributed by atoms with Gasteiger partial charge in [0.1, 0.15) is 17.7 Å². The van der Waals surface area contributed by atoms with E-state index in [-0.39, 0.29) is 23.6 Å². The lowest BCUT2D eigenvalue weighted by atomic mass is 9.77. The van der Waals surface area contributed by atoms with Crippen molar-refractivity contribution < 1.29 is 22.7 Å². The van der Waals surface area contributed by atoms with Gasteiger partial charge in [-0.15, -0.1) is 0 Å². The summed E-state index contributed by atoms with van der Waals surface area (Å²) in [6.07, 6.45) is 4.27. The molecule has 1 saturated heterocycles. The first-order valence-electron chi connectivity index (χ1n) is 10.1. The number of carbonyl (C=O) groups excluding carboxylic acids is 1. The van der Waals surface area contributed by atoms with E-state index in [1.807, 2.05) is 11.0 Å². The van der Waals surface area contributed by atoms with Gasteiger partial charge >= 0.3 is 0 Å². The van der Waals surface area contributed by atoms with Crippen molar-refractivity contribution in [2.75, 3.05) is 13.1 Å². The first-order chi connectivity index (χ1) is 14.0. The van der Waals surface area contributed by atoms with Gasteiger partial charge in [-0.05, 0) is 42.7 Å². The minimum atomic E-state index is -0.723. The van der Waals surface area contributed by atoms with Crippen molar-refractivity contribution in [2.45, 2.75) is 50.0 Å². The smallest absolute Gasteiger partial charge is 0.233 e. The van der Waals surface area contributed by atoms with Crippen molar-refractivity contribution in [3.05, 3.63) is 65.5 Å². The molecule has 1 saturated carbocycles. The number of carbonyl (C=O) groups is 1. The third-order valence-corrected chi connectivity index (χ3v) is 6.16. The summed E-state index contributed by atoms with van der Waals surface area (Å²) in [6, 6.07) is 9.65. The molecular formula is C23H24F3NO2. The molecule has 2 fully saturated rings. The van der Waals surface area contributed by atoms with Crippen LogP contribution in [-0.4, -0.2) is 30.0 Å². The summed E-state index contributed by atoms with van der Waals surface area (Å²) >= 11 is 0. The van der Waals surface area contributed by atoms with E-state index in [1.165, 1.54) is 24.3 Å². The molecule has 1 aliphatic heterocycles. The second kappa shape index (κ2) is 8.09. The SMILES string of the molecule is O=C(N1CCC(Oc2ccc(F)cc2F)CC1)C1(c2cccc(F)c2)CCCC1. The molecule has 0 bridgehead atoms. The van der Waals surface area contributed by atoms with E-state index in [2.05, 4.69) is 0 Å². The first kappa shape index (κ1) is 19.8. The van der Waals surface area contributed by atoms with Crippen LogP contribution in [0.25, 0.3) is 0 Å². The van der Waals surface area contributed by atoms with Crippen LogP contribution in [0.5, 0.6) is 5.75 Å². The molecule has 0 radical (unpaired) electrons. The zero-order valence-corrected chi connectivity index (χ0v) is 16.2. The van der Waals surface area contributed by atoms with Gasteiger partial charge in [0.05, 0.1) is 5.41 Å². The summed E-state index contributed by atoms with van der Waals surface area (Å²) in [4.78, 5) is 15.3. The Bertz CT molecular complexity index is 887. The summed E-state index contributed by atoms with van der Waals surface area (Å²) in [5, 5.41) is 0. The molecular weight excluding hydrogens is 379 g/mol. The Morgan fingerprint density at radius 1 is 0.966 bits per heavy atom. The Labute approximate surface area is 168 Å². The lowest BCUT2D eigenvalue weighted by molar-refractivity contribution is -0.139. The highest BCUT2D eigenvalue weighted by Gasteiger charge is 2.45. The van der Waals surface area contributed by atoms with Crippen LogP contribution < -0.4 is 4.74 Å². The Hall–Kier alpha value is -2.50. The normalized spacial score (nSPS) is 19.3. The summed E-state index contributed by atoms with van der Waals surface area (Å²) in [6.45, 7) is 1.01. The molecule has 29 heavy (non-hydrogen) atoms. The number of amides is 1. The predicted octanol–water partition coefficient (Wildman–Crippen LogP) is 4.99. The Morgan fingerprint density at radius 2 is 1.66 bits per heavy atom. The molecule has 3 nitrogen and oxygen atoms in total. The molecule has 0 unspecified atom stereocenters. The summed E-state index contributed by atoms with van der Waals surface area (Å²) in [5.74, 6) is -1.61. The maximum Gasteiger partial charge on any atom is 0.233 e. The fourth-order valence-corrected chi connectivity index (χ4v) is 4.62. The number of hydrogen-bond acceptors (Lipinski definition) is 2. The van der Waals surface area contributed by atoms with Crippen LogP contribution in [0.1, 0.15) is 44.1 Å². The molecule has 2 aliphatic rings. The lowest BCUT2D eigenvalue weighted by Gasteiger charge is -2.38. The third kappa shape index (κ3) is 3.98. The van der Waals surface area contributed by atoms with Gasteiger partial charge in [-0.1, -0.05) is 25.0 Å². The van der Waals surface area contributed by atoms with Gasteiger partial charge in [-0.25, -0.2) is 13.2 Å². The molecule has 0 spiro atoms. The van der Waals surface area contributed by atoms with E-state index in [9.17, 15) is 18.0 Å². The van der Waals surface area contributed by atoms with Gasteiger partial charge in [0, 0.05) is 32.0 Å². The van der Waals surface area contributed by atoms with E-state index < -0.39 is 17.0 Å². The Kier molecular flexibility index (Phi) is 5.52. The average molecular weight is 403 g/mol. The highest BCUT2D eigenvalue weighted by atomic mass is 19.1. The molecule has 154 valence electrons. The molecule has 0 aromatic heterocycles. The topological polar surface area (TPSA) is 29.5 Å². The number of likely N-dealkylation sites (tertiary alicyclic amines) is 1. The average Bonchev–Trinajstić information content (AvgIpc) is 3.21. The summed E-state index contributed by atoms with van der Waals surface area (Å²) in [7, 11) is 0. The van der Waals surface area contributed by atoms with Gasteiger partial charge in [-0.2, -0.15) is 0 Å². The minimum Gasteiger partial charge on any atom is -0.487 e. The number of halogens is 3. The molecule has 4 rings (SSSR count). The van der Waals surface area contributed by atoms with Gasteiger partial charge in [-0.3, -0.25) is 4.79 Å². The highest BCUT2D eigenvalue weighted by Crippen LogP contribution is 2.43. The van der Waals surface area contributed by atoms with Crippen LogP contribution >= 0.6 is 0 Å². The van der Waals surface area contributed by atoms with Crippen LogP contribution in [0.15, 0.2) is 42.5 Å². The maximum atomic E-state index is 13.8. The molecule has 0 N–H and O–H groups in total. The number of hydrogen-bond donors (Lipinski definition) is 0. The summed E-state index contributed by atoms with van der Waals surface area (Å²) in [5.41, 5.74) is 0.102. The van der Waals surface area contributed by atoms with E-state index in [0.29, 0.717) is 25.9 Å². The second-order valence-corrected chi connectivity index (χ2v) is 7.98. The molecule has 2 aromatic rings. The van der Waals surface area contributed by atoms with Gasteiger partial charge in [0.15, 0.2) is 11.6 Å². The fourth-order valence-electron chi connectivity index (χ4n) is 4.62. The monoisotopic (exact) mass is 403 g/mol.